The summed E-state index contributed by atoms with van der Waals surface area (Å²) in [4.78, 5) is 4.20. The molecular formula is C14H19N5O3S. The molecule has 4 heterocycles. The lowest BCUT2D eigenvalue weighted by Crippen LogP contribution is -2.21. The van der Waals surface area contributed by atoms with Crippen molar-refractivity contribution in [2.45, 2.75) is 37.4 Å². The molecule has 1 saturated heterocycles. The number of aryl methyl sites for hydroxylation is 1. The van der Waals surface area contributed by atoms with Gasteiger partial charge in [-0.1, -0.05) is 0 Å². The predicted molar refractivity (Wildman–Crippen MR) is 82.5 cm³/mol. The van der Waals surface area contributed by atoms with Gasteiger partial charge >= 0.3 is 0 Å². The van der Waals surface area contributed by atoms with Gasteiger partial charge < -0.3 is 9.30 Å². The van der Waals surface area contributed by atoms with E-state index in [1.165, 1.54) is 6.20 Å². The van der Waals surface area contributed by atoms with Gasteiger partial charge in [-0.05, 0) is 12.8 Å². The molecule has 0 bridgehead atoms. The zero-order valence-corrected chi connectivity index (χ0v) is 13.5. The summed E-state index contributed by atoms with van der Waals surface area (Å²) < 4.78 is 36.8. The predicted octanol–water partition coefficient (Wildman–Crippen LogP) is 0.863. The third-order valence-corrected chi connectivity index (χ3v) is 5.72. The van der Waals surface area contributed by atoms with E-state index in [1.807, 2.05) is 0 Å². The van der Waals surface area contributed by atoms with Crippen molar-refractivity contribution in [3.8, 4) is 0 Å². The largest absolute Gasteiger partial charge is 0.381 e. The standard InChI is InChI=1S/C14H19N5O3S/c20-23(21,14-8-15-12-2-1-6-18(12)14)17-13-3-5-16-19(13)9-11-4-7-22-10-11/h3,5,8,11,17H,1-2,4,6-7,9-10H2. The summed E-state index contributed by atoms with van der Waals surface area (Å²) in [6.07, 6.45) is 5.78. The van der Waals surface area contributed by atoms with Gasteiger partial charge in [0, 0.05) is 38.1 Å². The SMILES string of the molecule is O=S(=O)(Nc1ccnn1CC1CCOC1)c1cnc2n1CCC2. The lowest BCUT2D eigenvalue weighted by atomic mass is 10.1. The van der Waals surface area contributed by atoms with Crippen molar-refractivity contribution in [1.82, 2.24) is 19.3 Å². The van der Waals surface area contributed by atoms with E-state index in [9.17, 15) is 8.42 Å². The maximum Gasteiger partial charge on any atom is 0.280 e. The van der Waals surface area contributed by atoms with Crippen LogP contribution in [-0.4, -0.2) is 41.0 Å². The molecule has 0 saturated carbocycles. The minimum Gasteiger partial charge on any atom is -0.381 e. The van der Waals surface area contributed by atoms with Crippen LogP contribution in [0.1, 0.15) is 18.7 Å². The molecule has 9 heteroatoms. The highest BCUT2D eigenvalue weighted by Crippen LogP contribution is 2.23. The van der Waals surface area contributed by atoms with Crippen molar-refractivity contribution in [2.24, 2.45) is 5.92 Å². The second-order valence-electron chi connectivity index (χ2n) is 6.00. The van der Waals surface area contributed by atoms with Crippen molar-refractivity contribution in [2.75, 3.05) is 17.9 Å². The van der Waals surface area contributed by atoms with Gasteiger partial charge in [0.2, 0.25) is 0 Å². The van der Waals surface area contributed by atoms with E-state index in [2.05, 4.69) is 14.8 Å². The zero-order chi connectivity index (χ0) is 15.9. The number of nitrogens with one attached hydrogen (secondary N) is 1. The number of hydrogen-bond donors (Lipinski definition) is 1. The van der Waals surface area contributed by atoms with Crippen LogP contribution in [0, 0.1) is 5.92 Å². The Bertz CT molecular complexity index is 804. The summed E-state index contributed by atoms with van der Waals surface area (Å²) in [5, 5.41) is 4.45. The van der Waals surface area contributed by atoms with Crippen LogP contribution in [0.25, 0.3) is 0 Å². The molecule has 2 aromatic heterocycles. The average molecular weight is 337 g/mol. The van der Waals surface area contributed by atoms with Crippen molar-refractivity contribution in [3.05, 3.63) is 24.3 Å². The molecule has 1 N–H and O–H groups in total. The van der Waals surface area contributed by atoms with E-state index in [-0.39, 0.29) is 5.03 Å². The van der Waals surface area contributed by atoms with Crippen LogP contribution >= 0.6 is 0 Å². The number of rotatable bonds is 5. The Morgan fingerprint density at radius 1 is 1.43 bits per heavy atom. The molecule has 0 radical (unpaired) electrons. The summed E-state index contributed by atoms with van der Waals surface area (Å²) in [5.41, 5.74) is 0. The number of ether oxygens (including phenoxy) is 1. The third kappa shape index (κ3) is 2.74. The quantitative estimate of drug-likeness (QED) is 0.874. The van der Waals surface area contributed by atoms with E-state index in [0.29, 0.717) is 31.4 Å². The van der Waals surface area contributed by atoms with Crippen molar-refractivity contribution in [3.63, 3.8) is 0 Å². The third-order valence-electron chi connectivity index (χ3n) is 4.37. The normalized spacial score (nSPS) is 20.8. The second kappa shape index (κ2) is 5.64. The summed E-state index contributed by atoms with van der Waals surface area (Å²) >= 11 is 0. The summed E-state index contributed by atoms with van der Waals surface area (Å²) in [7, 11) is -3.66. The highest BCUT2D eigenvalue weighted by Gasteiger charge is 2.26. The number of imidazole rings is 1. The highest BCUT2D eigenvalue weighted by atomic mass is 32.2. The number of sulfonamides is 1. The highest BCUT2D eigenvalue weighted by molar-refractivity contribution is 7.92. The van der Waals surface area contributed by atoms with Gasteiger partial charge in [0.15, 0.2) is 5.03 Å². The molecule has 124 valence electrons. The Balaban J connectivity index is 1.56. The molecule has 1 fully saturated rings. The monoisotopic (exact) mass is 337 g/mol. The van der Waals surface area contributed by atoms with Gasteiger partial charge in [0.1, 0.15) is 11.6 Å². The molecular weight excluding hydrogens is 318 g/mol. The Kier molecular flexibility index (Phi) is 3.61. The summed E-state index contributed by atoms with van der Waals surface area (Å²) in [6, 6.07) is 1.68. The number of nitrogens with zero attached hydrogens (tertiary/aromatic N) is 4. The molecule has 4 rings (SSSR count). The lowest BCUT2D eigenvalue weighted by molar-refractivity contribution is 0.181. The van der Waals surface area contributed by atoms with Gasteiger partial charge in [-0.3, -0.25) is 4.72 Å². The van der Waals surface area contributed by atoms with Crippen LogP contribution in [0.5, 0.6) is 0 Å². The molecule has 2 aliphatic rings. The Labute approximate surface area is 134 Å². The van der Waals surface area contributed by atoms with Gasteiger partial charge in [0.05, 0.1) is 19.0 Å². The van der Waals surface area contributed by atoms with Crippen molar-refractivity contribution < 1.29 is 13.2 Å². The fraction of sp³-hybridized carbons (Fsp3) is 0.571. The van der Waals surface area contributed by atoms with Gasteiger partial charge in [-0.15, -0.1) is 0 Å². The zero-order valence-electron chi connectivity index (χ0n) is 12.7. The smallest absolute Gasteiger partial charge is 0.280 e. The van der Waals surface area contributed by atoms with Crippen LogP contribution in [0.4, 0.5) is 5.82 Å². The molecule has 2 aliphatic heterocycles. The van der Waals surface area contributed by atoms with Crippen LogP contribution < -0.4 is 4.72 Å². The minimum absolute atomic E-state index is 0.224. The molecule has 0 aromatic carbocycles. The van der Waals surface area contributed by atoms with E-state index >= 15 is 0 Å². The van der Waals surface area contributed by atoms with Gasteiger partial charge in [0.25, 0.3) is 10.0 Å². The molecule has 1 atom stereocenters. The second-order valence-corrected chi connectivity index (χ2v) is 7.63. The van der Waals surface area contributed by atoms with Crippen LogP contribution in [0.2, 0.25) is 0 Å². The van der Waals surface area contributed by atoms with Crippen LogP contribution in [0.15, 0.2) is 23.5 Å². The first-order valence-electron chi connectivity index (χ1n) is 7.80. The van der Waals surface area contributed by atoms with Gasteiger partial charge in [-0.25, -0.2) is 9.67 Å². The number of fused-ring (bicyclic) bond motifs is 1. The summed E-state index contributed by atoms with van der Waals surface area (Å²) in [5.74, 6) is 1.69. The average Bonchev–Trinajstić information content (AvgIpc) is 3.23. The molecule has 0 aliphatic carbocycles. The fourth-order valence-electron chi connectivity index (χ4n) is 3.17. The van der Waals surface area contributed by atoms with Gasteiger partial charge in [-0.2, -0.15) is 13.5 Å². The Morgan fingerprint density at radius 3 is 3.17 bits per heavy atom. The molecule has 0 spiro atoms. The lowest BCUT2D eigenvalue weighted by Gasteiger charge is -2.13. The topological polar surface area (TPSA) is 91.0 Å². The van der Waals surface area contributed by atoms with Crippen molar-refractivity contribution >= 4 is 15.8 Å². The molecule has 8 nitrogen and oxygen atoms in total. The first-order valence-corrected chi connectivity index (χ1v) is 9.28. The number of anilines is 1. The Hall–Kier alpha value is -1.87. The van der Waals surface area contributed by atoms with E-state index < -0.39 is 10.0 Å². The van der Waals surface area contributed by atoms with E-state index in [4.69, 9.17) is 4.74 Å². The molecule has 23 heavy (non-hydrogen) atoms. The molecule has 2 aromatic rings. The number of aromatic nitrogens is 4. The Morgan fingerprint density at radius 2 is 2.35 bits per heavy atom. The van der Waals surface area contributed by atoms with Crippen LogP contribution in [-0.2, 0) is 34.3 Å². The maximum atomic E-state index is 12.7. The molecule has 1 unspecified atom stereocenters. The maximum absolute atomic E-state index is 12.7. The summed E-state index contributed by atoms with van der Waals surface area (Å²) in [6.45, 7) is 2.80. The van der Waals surface area contributed by atoms with Crippen LogP contribution in [0.3, 0.4) is 0 Å². The first-order chi connectivity index (χ1) is 11.1. The van der Waals surface area contributed by atoms with E-state index in [0.717, 1.165) is 31.7 Å². The first kappa shape index (κ1) is 14.7. The fourth-order valence-corrected chi connectivity index (χ4v) is 4.40. The molecule has 0 amide bonds. The van der Waals surface area contributed by atoms with Crippen molar-refractivity contribution in [1.29, 1.82) is 0 Å². The van der Waals surface area contributed by atoms with E-state index in [1.54, 1.807) is 21.5 Å². The minimum atomic E-state index is -3.66. The number of hydrogen-bond acceptors (Lipinski definition) is 5.